The first kappa shape index (κ1) is 13.0. The van der Waals surface area contributed by atoms with Crippen LogP contribution in [0, 0.1) is 0 Å². The minimum atomic E-state index is -0.817. The first-order valence-corrected chi connectivity index (χ1v) is 6.99. The van der Waals surface area contributed by atoms with E-state index in [9.17, 15) is 4.79 Å². The molecule has 0 radical (unpaired) electrons. The summed E-state index contributed by atoms with van der Waals surface area (Å²) in [5.41, 5.74) is 1.23. The van der Waals surface area contributed by atoms with Gasteiger partial charge in [-0.05, 0) is 23.9 Å². The number of aryl methyl sites for hydroxylation is 1. The standard InChI is InChI=1S/C15H19N3O2/c19-15(20)18-10-7-16-13(11-18)6-9-17-8-5-12-3-1-2-4-14(12)17/h1-5,8,13,16H,6-7,9-11H2,(H,19,20)/t13-/m1/s1. The van der Waals surface area contributed by atoms with Crippen LogP contribution >= 0.6 is 0 Å². The predicted octanol–water partition coefficient (Wildman–Crippen LogP) is 1.98. The Bertz CT molecular complexity index is 608. The molecule has 1 amide bonds. The molecule has 1 fully saturated rings. The lowest BCUT2D eigenvalue weighted by Crippen LogP contribution is -2.52. The van der Waals surface area contributed by atoms with E-state index < -0.39 is 6.09 Å². The van der Waals surface area contributed by atoms with Crippen LogP contribution in [0.25, 0.3) is 10.9 Å². The van der Waals surface area contributed by atoms with E-state index in [4.69, 9.17) is 5.11 Å². The van der Waals surface area contributed by atoms with Crippen LogP contribution in [0.5, 0.6) is 0 Å². The second-order valence-corrected chi connectivity index (χ2v) is 5.24. The maximum atomic E-state index is 11.0. The lowest BCUT2D eigenvalue weighted by Gasteiger charge is -2.32. The molecule has 106 valence electrons. The molecule has 1 aromatic heterocycles. The molecule has 1 aliphatic rings. The number of fused-ring (bicyclic) bond motifs is 1. The number of hydrogen-bond donors (Lipinski definition) is 2. The van der Waals surface area contributed by atoms with Gasteiger partial charge in [0.15, 0.2) is 0 Å². The molecule has 2 heterocycles. The summed E-state index contributed by atoms with van der Waals surface area (Å²) in [5.74, 6) is 0. The average Bonchev–Trinajstić information content (AvgIpc) is 2.89. The maximum Gasteiger partial charge on any atom is 0.407 e. The van der Waals surface area contributed by atoms with Gasteiger partial charge in [0.25, 0.3) is 0 Å². The minimum Gasteiger partial charge on any atom is -0.465 e. The second-order valence-electron chi connectivity index (χ2n) is 5.24. The topological polar surface area (TPSA) is 57.5 Å². The number of nitrogens with zero attached hydrogens (tertiary/aromatic N) is 2. The minimum absolute atomic E-state index is 0.237. The molecule has 0 bridgehead atoms. The molecule has 20 heavy (non-hydrogen) atoms. The van der Waals surface area contributed by atoms with Crippen molar-refractivity contribution in [1.29, 1.82) is 0 Å². The smallest absolute Gasteiger partial charge is 0.407 e. The zero-order valence-electron chi connectivity index (χ0n) is 11.3. The third-order valence-corrected chi connectivity index (χ3v) is 3.92. The van der Waals surface area contributed by atoms with E-state index in [1.165, 1.54) is 15.8 Å². The molecule has 3 rings (SSSR count). The number of nitrogens with one attached hydrogen (secondary N) is 1. The van der Waals surface area contributed by atoms with Crippen molar-refractivity contribution in [3.8, 4) is 0 Å². The molecule has 2 N–H and O–H groups in total. The molecule has 1 saturated heterocycles. The molecular weight excluding hydrogens is 254 g/mol. The lowest BCUT2D eigenvalue weighted by molar-refractivity contribution is 0.127. The number of rotatable bonds is 3. The number of carboxylic acid groups (broad SMARTS) is 1. The van der Waals surface area contributed by atoms with Crippen molar-refractivity contribution < 1.29 is 9.90 Å². The molecule has 1 atom stereocenters. The zero-order chi connectivity index (χ0) is 13.9. The van der Waals surface area contributed by atoms with Gasteiger partial charge in [0.1, 0.15) is 0 Å². The number of piperazine rings is 1. The third kappa shape index (κ3) is 2.63. The first-order valence-electron chi connectivity index (χ1n) is 6.99. The summed E-state index contributed by atoms with van der Waals surface area (Å²) in [4.78, 5) is 12.5. The maximum absolute atomic E-state index is 11.0. The number of carbonyl (C=O) groups is 1. The quantitative estimate of drug-likeness (QED) is 0.899. The van der Waals surface area contributed by atoms with Gasteiger partial charge in [-0.3, -0.25) is 0 Å². The SMILES string of the molecule is O=C(O)N1CCN[C@H](CCn2ccc3ccccc32)C1. The molecule has 0 saturated carbocycles. The number of amides is 1. The van der Waals surface area contributed by atoms with Gasteiger partial charge in [0.2, 0.25) is 0 Å². The molecule has 2 aromatic rings. The van der Waals surface area contributed by atoms with E-state index in [1.54, 1.807) is 0 Å². The van der Waals surface area contributed by atoms with Crippen molar-refractivity contribution in [2.75, 3.05) is 19.6 Å². The Morgan fingerprint density at radius 1 is 1.35 bits per heavy atom. The molecule has 1 aromatic carbocycles. The molecule has 0 spiro atoms. The Morgan fingerprint density at radius 3 is 3.05 bits per heavy atom. The van der Waals surface area contributed by atoms with Crippen LogP contribution in [0.15, 0.2) is 36.5 Å². The van der Waals surface area contributed by atoms with Crippen molar-refractivity contribution in [3.05, 3.63) is 36.5 Å². The number of hydrogen-bond acceptors (Lipinski definition) is 2. The summed E-state index contributed by atoms with van der Waals surface area (Å²) in [6, 6.07) is 10.7. The zero-order valence-corrected chi connectivity index (χ0v) is 11.3. The van der Waals surface area contributed by atoms with Crippen LogP contribution in [0.4, 0.5) is 4.79 Å². The van der Waals surface area contributed by atoms with Gasteiger partial charge in [0.05, 0.1) is 0 Å². The highest BCUT2D eigenvalue weighted by Gasteiger charge is 2.22. The summed E-state index contributed by atoms with van der Waals surface area (Å²) in [5, 5.41) is 13.7. The Hall–Kier alpha value is -2.01. The van der Waals surface area contributed by atoms with Crippen molar-refractivity contribution in [3.63, 3.8) is 0 Å². The van der Waals surface area contributed by atoms with E-state index >= 15 is 0 Å². The van der Waals surface area contributed by atoms with Crippen LogP contribution < -0.4 is 5.32 Å². The van der Waals surface area contributed by atoms with E-state index in [1.807, 2.05) is 12.1 Å². The highest BCUT2D eigenvalue weighted by atomic mass is 16.4. The largest absolute Gasteiger partial charge is 0.465 e. The average molecular weight is 273 g/mol. The number of benzene rings is 1. The Balaban J connectivity index is 1.63. The lowest BCUT2D eigenvalue weighted by atomic mass is 10.1. The number of aromatic nitrogens is 1. The van der Waals surface area contributed by atoms with Gasteiger partial charge in [0, 0.05) is 43.9 Å². The highest BCUT2D eigenvalue weighted by Crippen LogP contribution is 2.16. The number of para-hydroxylation sites is 1. The fourth-order valence-electron chi connectivity index (χ4n) is 2.82. The molecule has 1 aliphatic heterocycles. The predicted molar refractivity (Wildman–Crippen MR) is 77.9 cm³/mol. The van der Waals surface area contributed by atoms with E-state index in [0.717, 1.165) is 19.5 Å². The Labute approximate surface area is 117 Å². The second kappa shape index (κ2) is 5.54. The van der Waals surface area contributed by atoms with E-state index in [0.29, 0.717) is 13.1 Å². The van der Waals surface area contributed by atoms with E-state index in [-0.39, 0.29) is 6.04 Å². The monoisotopic (exact) mass is 273 g/mol. The van der Waals surface area contributed by atoms with Crippen LogP contribution in [-0.4, -0.2) is 46.3 Å². The van der Waals surface area contributed by atoms with Gasteiger partial charge < -0.3 is 19.9 Å². The van der Waals surface area contributed by atoms with Gasteiger partial charge >= 0.3 is 6.09 Å². The molecule has 5 heteroatoms. The summed E-state index contributed by atoms with van der Waals surface area (Å²) < 4.78 is 2.23. The van der Waals surface area contributed by atoms with Crippen molar-refractivity contribution >= 4 is 17.0 Å². The third-order valence-electron chi connectivity index (χ3n) is 3.92. The summed E-state index contributed by atoms with van der Waals surface area (Å²) >= 11 is 0. The Morgan fingerprint density at radius 2 is 2.20 bits per heavy atom. The van der Waals surface area contributed by atoms with Crippen LogP contribution in [0.2, 0.25) is 0 Å². The summed E-state index contributed by atoms with van der Waals surface area (Å²) in [6.07, 6.45) is 2.22. The normalized spacial score (nSPS) is 19.4. The highest BCUT2D eigenvalue weighted by molar-refractivity contribution is 5.79. The molecule has 0 unspecified atom stereocenters. The van der Waals surface area contributed by atoms with Crippen molar-refractivity contribution in [2.24, 2.45) is 0 Å². The van der Waals surface area contributed by atoms with E-state index in [2.05, 4.69) is 34.3 Å². The van der Waals surface area contributed by atoms with Gasteiger partial charge in [-0.25, -0.2) is 4.79 Å². The fraction of sp³-hybridized carbons (Fsp3) is 0.400. The van der Waals surface area contributed by atoms with Crippen molar-refractivity contribution in [1.82, 2.24) is 14.8 Å². The molecule has 5 nitrogen and oxygen atoms in total. The molecule has 0 aliphatic carbocycles. The summed E-state index contributed by atoms with van der Waals surface area (Å²) in [7, 11) is 0. The summed E-state index contributed by atoms with van der Waals surface area (Å²) in [6.45, 7) is 2.80. The molecular formula is C15H19N3O2. The first-order chi connectivity index (χ1) is 9.74. The Kier molecular flexibility index (Phi) is 3.60. The van der Waals surface area contributed by atoms with Gasteiger partial charge in [-0.1, -0.05) is 18.2 Å². The fourth-order valence-corrected chi connectivity index (χ4v) is 2.82. The van der Waals surface area contributed by atoms with Gasteiger partial charge in [-0.2, -0.15) is 0 Å². The van der Waals surface area contributed by atoms with Crippen LogP contribution in [0.1, 0.15) is 6.42 Å². The van der Waals surface area contributed by atoms with Crippen LogP contribution in [0.3, 0.4) is 0 Å². The van der Waals surface area contributed by atoms with Crippen LogP contribution in [-0.2, 0) is 6.54 Å². The van der Waals surface area contributed by atoms with Gasteiger partial charge in [-0.15, -0.1) is 0 Å². The van der Waals surface area contributed by atoms with Crippen molar-refractivity contribution in [2.45, 2.75) is 19.0 Å².